The number of nitrogens with zero attached hydrogens (tertiary/aromatic N) is 2. The van der Waals surface area contributed by atoms with Crippen molar-refractivity contribution in [1.82, 2.24) is 10.2 Å². The average molecular weight is 483 g/mol. The summed E-state index contributed by atoms with van der Waals surface area (Å²) in [6.07, 6.45) is 2.41. The minimum Gasteiger partial charge on any atom is -0.444 e. The van der Waals surface area contributed by atoms with Crippen LogP contribution in [0.3, 0.4) is 0 Å². The highest BCUT2D eigenvalue weighted by molar-refractivity contribution is 9.10. The van der Waals surface area contributed by atoms with E-state index in [4.69, 9.17) is 16.3 Å². The van der Waals surface area contributed by atoms with E-state index in [9.17, 15) is 14.9 Å². The summed E-state index contributed by atoms with van der Waals surface area (Å²) in [5, 5.41) is 12.9. The van der Waals surface area contributed by atoms with E-state index in [2.05, 4.69) is 27.3 Å². The first-order valence-corrected chi connectivity index (χ1v) is 10.9. The molecule has 1 aromatic rings. The van der Waals surface area contributed by atoms with Crippen LogP contribution in [-0.2, 0) is 16.0 Å². The van der Waals surface area contributed by atoms with Gasteiger partial charge >= 0.3 is 6.09 Å². The van der Waals surface area contributed by atoms with Crippen LogP contribution in [0, 0.1) is 17.2 Å². The molecule has 29 heavy (non-hydrogen) atoms. The van der Waals surface area contributed by atoms with Gasteiger partial charge in [0.25, 0.3) is 0 Å². The van der Waals surface area contributed by atoms with Gasteiger partial charge in [-0.15, -0.1) is 0 Å². The molecule has 1 heterocycles. The van der Waals surface area contributed by atoms with Gasteiger partial charge in [-0.2, -0.15) is 5.26 Å². The van der Waals surface area contributed by atoms with Crippen molar-refractivity contribution in [3.8, 4) is 6.07 Å². The number of hydrogen-bond donors (Lipinski definition) is 1. The number of rotatable bonds is 4. The maximum Gasteiger partial charge on any atom is 0.411 e. The number of halogens is 2. The number of carbonyl (C=O) groups is 2. The van der Waals surface area contributed by atoms with Crippen LogP contribution in [-0.4, -0.2) is 40.6 Å². The molecule has 2 amide bonds. The lowest BCUT2D eigenvalue weighted by molar-refractivity contribution is -0.128. The lowest BCUT2D eigenvalue weighted by atomic mass is 9.97. The van der Waals surface area contributed by atoms with Crippen LogP contribution in [0.4, 0.5) is 4.79 Å². The van der Waals surface area contributed by atoms with Crippen molar-refractivity contribution in [3.63, 3.8) is 0 Å². The molecule has 4 atom stereocenters. The number of likely N-dealkylation sites (tertiary alicyclic amines) is 1. The summed E-state index contributed by atoms with van der Waals surface area (Å²) in [7, 11) is 0. The van der Waals surface area contributed by atoms with E-state index < -0.39 is 23.8 Å². The molecule has 1 aliphatic carbocycles. The number of hydrogen-bond acceptors (Lipinski definition) is 4. The molecular formula is C21H25BrClN3O3. The van der Waals surface area contributed by atoms with E-state index in [-0.39, 0.29) is 17.9 Å². The minimum atomic E-state index is -0.735. The van der Waals surface area contributed by atoms with Gasteiger partial charge in [-0.3, -0.25) is 9.69 Å². The summed E-state index contributed by atoms with van der Waals surface area (Å²) in [6, 6.07) is 6.25. The summed E-state index contributed by atoms with van der Waals surface area (Å²) >= 11 is 9.61. The lowest BCUT2D eigenvalue weighted by Gasteiger charge is -2.35. The van der Waals surface area contributed by atoms with E-state index in [1.807, 2.05) is 32.9 Å². The fraction of sp³-hybridized carbons (Fsp3) is 0.571. The van der Waals surface area contributed by atoms with Crippen molar-refractivity contribution in [3.05, 3.63) is 33.3 Å². The monoisotopic (exact) mass is 481 g/mol. The van der Waals surface area contributed by atoms with Crippen LogP contribution in [0.5, 0.6) is 0 Å². The number of benzene rings is 1. The molecule has 156 valence electrons. The Morgan fingerprint density at radius 2 is 2.14 bits per heavy atom. The van der Waals surface area contributed by atoms with Crippen molar-refractivity contribution < 1.29 is 14.3 Å². The normalized spacial score (nSPS) is 24.1. The fourth-order valence-corrected chi connectivity index (χ4v) is 4.95. The van der Waals surface area contributed by atoms with Gasteiger partial charge in [0.15, 0.2) is 0 Å². The van der Waals surface area contributed by atoms with E-state index in [1.54, 1.807) is 11.0 Å². The SMILES string of the molecule is CC(C)(C)OC(=O)N1C2CCC(C2)C1C(=O)NC(C#N)Cc1ccc(Br)cc1Cl. The summed E-state index contributed by atoms with van der Waals surface area (Å²) in [5.74, 6) is -0.203. The Morgan fingerprint density at radius 1 is 1.41 bits per heavy atom. The van der Waals surface area contributed by atoms with Gasteiger partial charge in [0, 0.05) is 22.0 Å². The van der Waals surface area contributed by atoms with E-state index in [0.29, 0.717) is 11.4 Å². The number of fused-ring (bicyclic) bond motifs is 2. The standard InChI is InChI=1S/C21H25BrClN3O3/c1-21(2,3)29-20(28)26-16-7-5-13(9-16)18(26)19(27)25-15(11-24)8-12-4-6-14(22)10-17(12)23/h4,6,10,13,15-16,18H,5,7-9H2,1-3H3,(H,25,27). The zero-order chi connectivity index (χ0) is 21.3. The van der Waals surface area contributed by atoms with Crippen molar-refractivity contribution in [1.29, 1.82) is 5.26 Å². The third kappa shape index (κ3) is 5.04. The molecule has 1 saturated heterocycles. The Labute approximate surface area is 184 Å². The molecule has 2 bridgehead atoms. The molecule has 4 unspecified atom stereocenters. The number of piperidine rings is 1. The first-order chi connectivity index (χ1) is 13.6. The largest absolute Gasteiger partial charge is 0.444 e. The quantitative estimate of drug-likeness (QED) is 0.688. The summed E-state index contributed by atoms with van der Waals surface area (Å²) in [6.45, 7) is 5.42. The molecule has 1 aliphatic heterocycles. The highest BCUT2D eigenvalue weighted by Gasteiger charge is 2.52. The van der Waals surface area contributed by atoms with Gasteiger partial charge < -0.3 is 10.1 Å². The maximum atomic E-state index is 13.1. The first-order valence-electron chi connectivity index (χ1n) is 9.74. The molecule has 1 N–H and O–H groups in total. The fourth-order valence-electron chi connectivity index (χ4n) is 4.20. The zero-order valence-corrected chi connectivity index (χ0v) is 19.1. The van der Waals surface area contributed by atoms with Gasteiger partial charge in [-0.25, -0.2) is 4.79 Å². The Bertz CT molecular complexity index is 849. The second-order valence-corrected chi connectivity index (χ2v) is 10.0. The third-order valence-electron chi connectivity index (χ3n) is 5.37. The van der Waals surface area contributed by atoms with Gasteiger partial charge in [0.2, 0.25) is 5.91 Å². The van der Waals surface area contributed by atoms with Gasteiger partial charge in [-0.1, -0.05) is 33.6 Å². The summed E-state index contributed by atoms with van der Waals surface area (Å²) in [5.41, 5.74) is 0.145. The number of nitriles is 1. The van der Waals surface area contributed by atoms with E-state index in [1.165, 1.54) is 0 Å². The molecule has 2 aliphatic rings. The van der Waals surface area contributed by atoms with E-state index in [0.717, 1.165) is 29.3 Å². The molecule has 1 saturated carbocycles. The van der Waals surface area contributed by atoms with Crippen molar-refractivity contribution >= 4 is 39.5 Å². The van der Waals surface area contributed by atoms with Gasteiger partial charge in [-0.05, 0) is 63.6 Å². The average Bonchev–Trinajstić information content (AvgIpc) is 3.23. The van der Waals surface area contributed by atoms with E-state index >= 15 is 0 Å². The number of nitrogens with one attached hydrogen (secondary N) is 1. The van der Waals surface area contributed by atoms with Crippen LogP contribution in [0.2, 0.25) is 5.02 Å². The van der Waals surface area contributed by atoms with Crippen LogP contribution in [0.1, 0.15) is 45.6 Å². The Morgan fingerprint density at radius 3 is 2.76 bits per heavy atom. The number of amides is 2. The molecule has 6 nitrogen and oxygen atoms in total. The Hall–Kier alpha value is -1.78. The van der Waals surface area contributed by atoms with Crippen LogP contribution in [0.15, 0.2) is 22.7 Å². The molecule has 0 spiro atoms. The van der Waals surface area contributed by atoms with Gasteiger partial charge in [0.1, 0.15) is 17.7 Å². The smallest absolute Gasteiger partial charge is 0.411 e. The molecule has 2 fully saturated rings. The molecule has 0 aromatic heterocycles. The molecular weight excluding hydrogens is 458 g/mol. The Balaban J connectivity index is 1.72. The summed E-state index contributed by atoms with van der Waals surface area (Å²) < 4.78 is 6.37. The predicted molar refractivity (Wildman–Crippen MR) is 113 cm³/mol. The second-order valence-electron chi connectivity index (χ2n) is 8.69. The minimum absolute atomic E-state index is 0.0204. The van der Waals surface area contributed by atoms with Crippen molar-refractivity contribution in [2.75, 3.05) is 0 Å². The van der Waals surface area contributed by atoms with Crippen LogP contribution < -0.4 is 5.32 Å². The third-order valence-corrected chi connectivity index (χ3v) is 6.21. The van der Waals surface area contributed by atoms with Gasteiger partial charge in [0.05, 0.1) is 6.07 Å². The van der Waals surface area contributed by atoms with Crippen LogP contribution in [0.25, 0.3) is 0 Å². The second kappa shape index (κ2) is 8.53. The highest BCUT2D eigenvalue weighted by atomic mass is 79.9. The molecule has 0 radical (unpaired) electrons. The van der Waals surface area contributed by atoms with Crippen molar-refractivity contribution in [2.24, 2.45) is 5.92 Å². The zero-order valence-electron chi connectivity index (χ0n) is 16.7. The van der Waals surface area contributed by atoms with Crippen molar-refractivity contribution in [2.45, 2.75) is 70.2 Å². The molecule has 1 aromatic carbocycles. The summed E-state index contributed by atoms with van der Waals surface area (Å²) in [4.78, 5) is 27.4. The molecule has 3 rings (SSSR count). The lowest BCUT2D eigenvalue weighted by Crippen LogP contribution is -2.55. The maximum absolute atomic E-state index is 13.1. The predicted octanol–water partition coefficient (Wildman–Crippen LogP) is 4.44. The molecule has 8 heteroatoms. The first kappa shape index (κ1) is 21.9. The topological polar surface area (TPSA) is 82.4 Å². The number of ether oxygens (including phenoxy) is 1. The van der Waals surface area contributed by atoms with Crippen LogP contribution >= 0.6 is 27.5 Å². The number of carbonyl (C=O) groups excluding carboxylic acids is 2. The highest BCUT2D eigenvalue weighted by Crippen LogP contribution is 2.43. The Kier molecular flexibility index (Phi) is 6.45.